The summed E-state index contributed by atoms with van der Waals surface area (Å²) < 4.78 is 23.5. The molecule has 154 valence electrons. The van der Waals surface area contributed by atoms with Crippen molar-refractivity contribution in [2.24, 2.45) is 0 Å². The van der Waals surface area contributed by atoms with Crippen LogP contribution in [-0.4, -0.2) is 25.6 Å². The molecule has 0 unspecified atom stereocenters. The molecule has 0 aromatic heterocycles. The van der Waals surface area contributed by atoms with Gasteiger partial charge in [0, 0.05) is 0 Å². The van der Waals surface area contributed by atoms with Crippen LogP contribution in [0, 0.1) is 5.82 Å². The highest BCUT2D eigenvalue weighted by Gasteiger charge is 2.18. The number of rotatable bonds is 8. The topological polar surface area (TPSA) is 64.6 Å². The first-order valence-corrected chi connectivity index (χ1v) is 9.43. The van der Waals surface area contributed by atoms with Crippen LogP contribution in [-0.2, 0) is 20.7 Å². The normalized spacial score (nSPS) is 11.4. The number of amides is 1. The highest BCUT2D eigenvalue weighted by molar-refractivity contribution is 5.81. The number of ether oxygens (including phenoxy) is 2. The molecule has 5 nitrogen and oxygen atoms in total. The molecule has 3 rings (SSSR count). The van der Waals surface area contributed by atoms with Gasteiger partial charge >= 0.3 is 5.97 Å². The molecule has 1 N–H and O–H groups in total. The van der Waals surface area contributed by atoms with E-state index in [2.05, 4.69) is 5.32 Å². The SMILES string of the molecule is COc1ccc([C@@H](NC(=O)COC(=O)Cc2cccc(F)c2)c2ccccc2)cc1. The second-order valence-corrected chi connectivity index (χ2v) is 6.65. The second kappa shape index (κ2) is 10.2. The molecule has 0 aliphatic carbocycles. The van der Waals surface area contributed by atoms with Crippen LogP contribution in [0.1, 0.15) is 22.7 Å². The third kappa shape index (κ3) is 5.91. The van der Waals surface area contributed by atoms with Gasteiger partial charge in [-0.3, -0.25) is 9.59 Å². The summed E-state index contributed by atoms with van der Waals surface area (Å²) in [6.45, 7) is -0.423. The number of nitrogens with one attached hydrogen (secondary N) is 1. The first-order chi connectivity index (χ1) is 14.5. The molecule has 0 saturated carbocycles. The van der Waals surface area contributed by atoms with E-state index in [-0.39, 0.29) is 6.42 Å². The van der Waals surface area contributed by atoms with Crippen molar-refractivity contribution in [3.8, 4) is 5.75 Å². The first kappa shape index (κ1) is 21.0. The van der Waals surface area contributed by atoms with Gasteiger partial charge in [0.05, 0.1) is 19.6 Å². The number of halogens is 1. The standard InChI is InChI=1S/C24H22FNO4/c1-29-21-12-10-19(11-13-21)24(18-7-3-2-4-8-18)26-22(27)16-30-23(28)15-17-6-5-9-20(25)14-17/h2-14,24H,15-16H2,1H3,(H,26,27)/t24-/m0/s1. The highest BCUT2D eigenvalue weighted by Crippen LogP contribution is 2.24. The Labute approximate surface area is 174 Å². The Balaban J connectivity index is 1.63. The molecule has 0 radical (unpaired) electrons. The van der Waals surface area contributed by atoms with Gasteiger partial charge in [-0.1, -0.05) is 54.6 Å². The van der Waals surface area contributed by atoms with Crippen molar-refractivity contribution >= 4 is 11.9 Å². The van der Waals surface area contributed by atoms with Crippen LogP contribution in [0.4, 0.5) is 4.39 Å². The molecule has 1 amide bonds. The van der Waals surface area contributed by atoms with Crippen LogP contribution in [0.3, 0.4) is 0 Å². The summed E-state index contributed by atoms with van der Waals surface area (Å²) in [7, 11) is 1.59. The van der Waals surface area contributed by atoms with Crippen LogP contribution in [0.15, 0.2) is 78.9 Å². The molecule has 30 heavy (non-hydrogen) atoms. The molecular formula is C24H22FNO4. The summed E-state index contributed by atoms with van der Waals surface area (Å²) in [4.78, 5) is 24.4. The number of esters is 1. The van der Waals surface area contributed by atoms with E-state index in [0.29, 0.717) is 11.3 Å². The van der Waals surface area contributed by atoms with E-state index in [4.69, 9.17) is 9.47 Å². The van der Waals surface area contributed by atoms with Crippen molar-refractivity contribution in [1.29, 1.82) is 0 Å². The number of hydrogen-bond acceptors (Lipinski definition) is 4. The van der Waals surface area contributed by atoms with E-state index < -0.39 is 30.3 Å². The minimum atomic E-state index is -0.601. The number of methoxy groups -OCH3 is 1. The maximum Gasteiger partial charge on any atom is 0.310 e. The van der Waals surface area contributed by atoms with Crippen molar-refractivity contribution < 1.29 is 23.5 Å². The molecule has 0 aliphatic heterocycles. The maximum atomic E-state index is 13.2. The van der Waals surface area contributed by atoms with Crippen molar-refractivity contribution in [2.75, 3.05) is 13.7 Å². The van der Waals surface area contributed by atoms with Crippen molar-refractivity contribution in [1.82, 2.24) is 5.32 Å². The van der Waals surface area contributed by atoms with Gasteiger partial charge in [-0.05, 0) is 41.0 Å². The molecule has 3 aromatic carbocycles. The second-order valence-electron chi connectivity index (χ2n) is 6.65. The largest absolute Gasteiger partial charge is 0.497 e. The quantitative estimate of drug-likeness (QED) is 0.577. The van der Waals surface area contributed by atoms with E-state index in [9.17, 15) is 14.0 Å². The van der Waals surface area contributed by atoms with Gasteiger partial charge in [-0.15, -0.1) is 0 Å². The zero-order chi connectivity index (χ0) is 21.3. The zero-order valence-corrected chi connectivity index (χ0v) is 16.5. The van der Waals surface area contributed by atoms with Crippen LogP contribution >= 0.6 is 0 Å². The summed E-state index contributed by atoms with van der Waals surface area (Å²) in [5, 5.41) is 2.90. The Kier molecular flexibility index (Phi) is 7.16. The molecule has 0 saturated heterocycles. The van der Waals surface area contributed by atoms with Gasteiger partial charge in [0.2, 0.25) is 0 Å². The van der Waals surface area contributed by atoms with E-state index in [1.165, 1.54) is 18.2 Å². The molecular weight excluding hydrogens is 385 g/mol. The predicted octanol–water partition coefficient (Wildman–Crippen LogP) is 3.83. The Hall–Kier alpha value is -3.67. The zero-order valence-electron chi connectivity index (χ0n) is 16.5. The Bertz CT molecular complexity index is 990. The fourth-order valence-electron chi connectivity index (χ4n) is 3.01. The number of carbonyl (C=O) groups excluding carboxylic acids is 2. The summed E-state index contributed by atoms with van der Waals surface area (Å²) >= 11 is 0. The maximum absolute atomic E-state index is 13.2. The molecule has 0 bridgehead atoms. The monoisotopic (exact) mass is 407 g/mol. The Morgan fingerprint density at radius 2 is 1.63 bits per heavy atom. The summed E-state index contributed by atoms with van der Waals surface area (Å²) in [5.74, 6) is -0.755. The minimum Gasteiger partial charge on any atom is -0.497 e. The fraction of sp³-hybridized carbons (Fsp3) is 0.167. The number of carbonyl (C=O) groups is 2. The third-order valence-corrected chi connectivity index (χ3v) is 4.49. The molecule has 0 fully saturated rings. The van der Waals surface area contributed by atoms with E-state index in [0.717, 1.165) is 11.1 Å². The summed E-state index contributed by atoms with van der Waals surface area (Å²) in [6.07, 6.45) is -0.106. The molecule has 0 heterocycles. The Morgan fingerprint density at radius 3 is 2.30 bits per heavy atom. The van der Waals surface area contributed by atoms with Gasteiger partial charge in [0.1, 0.15) is 11.6 Å². The van der Waals surface area contributed by atoms with Crippen molar-refractivity contribution in [2.45, 2.75) is 12.5 Å². The summed E-state index contributed by atoms with van der Waals surface area (Å²) in [6, 6.07) is 22.1. The van der Waals surface area contributed by atoms with Crippen LogP contribution in [0.25, 0.3) is 0 Å². The number of hydrogen-bond donors (Lipinski definition) is 1. The van der Waals surface area contributed by atoms with Gasteiger partial charge in [0.15, 0.2) is 6.61 Å². The van der Waals surface area contributed by atoms with Crippen molar-refractivity contribution in [3.63, 3.8) is 0 Å². The van der Waals surface area contributed by atoms with E-state index in [1.807, 2.05) is 54.6 Å². The molecule has 0 aliphatic rings. The minimum absolute atomic E-state index is 0.106. The van der Waals surface area contributed by atoms with E-state index in [1.54, 1.807) is 13.2 Å². The van der Waals surface area contributed by atoms with Gasteiger partial charge in [-0.25, -0.2) is 4.39 Å². The fourth-order valence-corrected chi connectivity index (χ4v) is 3.01. The van der Waals surface area contributed by atoms with Gasteiger partial charge in [-0.2, -0.15) is 0 Å². The highest BCUT2D eigenvalue weighted by atomic mass is 19.1. The van der Waals surface area contributed by atoms with Crippen LogP contribution in [0.5, 0.6) is 5.75 Å². The third-order valence-electron chi connectivity index (χ3n) is 4.49. The lowest BCUT2D eigenvalue weighted by Crippen LogP contribution is -2.33. The average molecular weight is 407 g/mol. The predicted molar refractivity (Wildman–Crippen MR) is 110 cm³/mol. The smallest absolute Gasteiger partial charge is 0.310 e. The van der Waals surface area contributed by atoms with Crippen LogP contribution < -0.4 is 10.1 Å². The van der Waals surface area contributed by atoms with E-state index >= 15 is 0 Å². The van der Waals surface area contributed by atoms with Gasteiger partial charge < -0.3 is 14.8 Å². The Morgan fingerprint density at radius 1 is 0.933 bits per heavy atom. The molecule has 3 aromatic rings. The first-order valence-electron chi connectivity index (χ1n) is 9.43. The van der Waals surface area contributed by atoms with Crippen molar-refractivity contribution in [3.05, 3.63) is 101 Å². The lowest BCUT2D eigenvalue weighted by molar-refractivity contribution is -0.148. The average Bonchev–Trinajstić information content (AvgIpc) is 2.77. The lowest BCUT2D eigenvalue weighted by atomic mass is 9.98. The number of benzene rings is 3. The van der Waals surface area contributed by atoms with Crippen LogP contribution in [0.2, 0.25) is 0 Å². The molecule has 6 heteroatoms. The molecule has 0 spiro atoms. The van der Waals surface area contributed by atoms with Gasteiger partial charge in [0.25, 0.3) is 5.91 Å². The lowest BCUT2D eigenvalue weighted by Gasteiger charge is -2.20. The molecule has 1 atom stereocenters. The summed E-state index contributed by atoms with van der Waals surface area (Å²) in [5.41, 5.74) is 2.24.